The second-order valence-corrected chi connectivity index (χ2v) is 6.79. The SMILES string of the molecule is O=C(/C=C/[C]1[CH][CH][CH][CH]1)c1cc(Br)cc(Br)c1OB(F)F.[CH]1[CH][CH][CH][CH]1.[Fe+2]. The molecular weight excluding hydrogens is 525 g/mol. The van der Waals surface area contributed by atoms with Crippen LogP contribution in [0.3, 0.4) is 0 Å². The third kappa shape index (κ3) is 8.80. The van der Waals surface area contributed by atoms with E-state index in [0.29, 0.717) is 4.47 Å². The summed E-state index contributed by atoms with van der Waals surface area (Å²) in [5.41, 5.74) is 0.0550. The van der Waals surface area contributed by atoms with Crippen LogP contribution in [-0.4, -0.2) is 13.3 Å². The van der Waals surface area contributed by atoms with Crippen molar-refractivity contribution in [2.45, 2.75) is 0 Å². The van der Waals surface area contributed by atoms with Crippen LogP contribution in [0.4, 0.5) is 8.63 Å². The summed E-state index contributed by atoms with van der Waals surface area (Å²) in [5, 5.41) is 0. The van der Waals surface area contributed by atoms with Crippen LogP contribution in [-0.2, 0) is 17.1 Å². The van der Waals surface area contributed by atoms with Crippen molar-refractivity contribution in [3.05, 3.63) is 102 Å². The van der Waals surface area contributed by atoms with Crippen LogP contribution in [0.25, 0.3) is 0 Å². The number of carbonyl (C=O) groups excluding carboxylic acids is 1. The van der Waals surface area contributed by atoms with Gasteiger partial charge in [-0.15, -0.1) is 0 Å². The summed E-state index contributed by atoms with van der Waals surface area (Å²) in [6.07, 6.45) is 20.3. The van der Waals surface area contributed by atoms with E-state index >= 15 is 0 Å². The molecule has 0 aliphatic heterocycles. The average molecular weight is 538 g/mol. The third-order valence-corrected chi connectivity index (χ3v) is 4.20. The molecule has 1 aromatic rings. The van der Waals surface area contributed by atoms with Crippen LogP contribution in [0.1, 0.15) is 10.4 Å². The van der Waals surface area contributed by atoms with Crippen molar-refractivity contribution in [1.29, 1.82) is 0 Å². The minimum atomic E-state index is -3.01. The fraction of sp³-hybridized carbons (Fsp3) is 0. The fourth-order valence-corrected chi connectivity index (χ4v) is 3.35. The van der Waals surface area contributed by atoms with Gasteiger partial charge >= 0.3 is 24.5 Å². The van der Waals surface area contributed by atoms with Gasteiger partial charge in [-0.05, 0) is 91.9 Å². The molecule has 0 atom stereocenters. The summed E-state index contributed by atoms with van der Waals surface area (Å²) in [7, 11) is -3.01. The molecule has 2 nitrogen and oxygen atoms in total. The molecule has 0 bridgehead atoms. The quantitative estimate of drug-likeness (QED) is 0.275. The fourth-order valence-electron chi connectivity index (χ4n) is 2.03. The molecule has 0 aromatic heterocycles. The summed E-state index contributed by atoms with van der Waals surface area (Å²) >= 11 is 6.34. The Morgan fingerprint density at radius 3 is 2.04 bits per heavy atom. The van der Waals surface area contributed by atoms with Crippen molar-refractivity contribution in [3.63, 3.8) is 0 Å². The topological polar surface area (TPSA) is 26.3 Å². The minimum Gasteiger partial charge on any atom is -0.504 e. The summed E-state index contributed by atoms with van der Waals surface area (Å²) < 4.78 is 30.2. The summed E-state index contributed by atoms with van der Waals surface area (Å²) in [6.45, 7) is 0. The van der Waals surface area contributed by atoms with Crippen LogP contribution in [0.15, 0.2) is 33.2 Å². The number of hydrogen-bond donors (Lipinski definition) is 0. The number of carbonyl (C=O) groups is 1. The molecule has 0 amide bonds. The van der Waals surface area contributed by atoms with Gasteiger partial charge in [0.2, 0.25) is 0 Å². The van der Waals surface area contributed by atoms with Crippen LogP contribution in [0.5, 0.6) is 5.75 Å². The molecule has 27 heavy (non-hydrogen) atoms. The Labute approximate surface area is 187 Å². The Bertz CT molecular complexity index is 627. The Morgan fingerprint density at radius 1 is 0.963 bits per heavy atom. The number of hydrogen-bond acceptors (Lipinski definition) is 2. The zero-order valence-corrected chi connectivity index (χ0v) is 18.0. The number of ketones is 1. The molecule has 2 aliphatic carbocycles. The molecule has 0 N–H and O–H groups in total. The smallest absolute Gasteiger partial charge is 0.504 e. The standard InChI is InChI=1S/C14H8BBr2F2O2.C5H5.Fe/c16-10-7-11(14(12(17)8-10)21-15(18)19)13(20)6-5-9-3-1-2-4-9;1-2-4-5-3-1;/h1-8H;1-5H;/q;;+2/b6-5+;;. The molecule has 0 spiro atoms. The summed E-state index contributed by atoms with van der Waals surface area (Å²) in [5.74, 6) is 0.257. The Morgan fingerprint density at radius 2 is 1.52 bits per heavy atom. The summed E-state index contributed by atoms with van der Waals surface area (Å²) in [4.78, 5) is 12.2. The van der Waals surface area contributed by atoms with Crippen molar-refractivity contribution in [2.24, 2.45) is 0 Å². The van der Waals surface area contributed by atoms with Gasteiger partial charge in [0.05, 0.1) is 10.0 Å². The van der Waals surface area contributed by atoms with Gasteiger partial charge in [-0.25, -0.2) is 8.63 Å². The van der Waals surface area contributed by atoms with E-state index in [1.165, 1.54) is 18.2 Å². The van der Waals surface area contributed by atoms with E-state index in [1.807, 2.05) is 57.8 Å². The second-order valence-electron chi connectivity index (χ2n) is 5.02. The number of halogens is 4. The van der Waals surface area contributed by atoms with Gasteiger partial charge in [0.15, 0.2) is 5.78 Å². The first kappa shape index (κ1) is 24.9. The van der Waals surface area contributed by atoms with E-state index in [1.54, 1.807) is 6.08 Å². The van der Waals surface area contributed by atoms with E-state index in [9.17, 15) is 13.4 Å². The molecule has 0 saturated heterocycles. The minimum absolute atomic E-state index is 0. The molecule has 8 heteroatoms. The van der Waals surface area contributed by atoms with Crippen LogP contribution < -0.4 is 4.65 Å². The molecular formula is C19H13BBr2F2FeO2+2. The van der Waals surface area contributed by atoms with Crippen LogP contribution >= 0.6 is 31.9 Å². The number of rotatable bonds is 5. The predicted octanol–water partition coefficient (Wildman–Crippen LogP) is 5.68. The van der Waals surface area contributed by atoms with Gasteiger partial charge in [0.25, 0.3) is 0 Å². The van der Waals surface area contributed by atoms with Crippen molar-refractivity contribution >= 4 is 45.1 Å². The first-order chi connectivity index (χ1) is 12.5. The molecule has 2 saturated carbocycles. The number of benzene rings is 1. The monoisotopic (exact) mass is 536 g/mol. The van der Waals surface area contributed by atoms with Gasteiger partial charge in [-0.3, -0.25) is 4.79 Å². The van der Waals surface area contributed by atoms with E-state index in [0.717, 1.165) is 5.92 Å². The normalized spacial score (nSPS) is 16.6. The Balaban J connectivity index is 0.000000526. The molecule has 10 radical (unpaired) electrons. The van der Waals surface area contributed by atoms with E-state index in [4.69, 9.17) is 0 Å². The molecule has 3 rings (SSSR count). The zero-order valence-electron chi connectivity index (χ0n) is 13.8. The maximum atomic E-state index is 12.5. The molecule has 2 aliphatic rings. The van der Waals surface area contributed by atoms with Crippen LogP contribution in [0, 0.1) is 63.7 Å². The average Bonchev–Trinajstić information content (AvgIpc) is 3.30. The van der Waals surface area contributed by atoms with E-state index in [-0.39, 0.29) is 32.9 Å². The molecule has 2 fully saturated rings. The van der Waals surface area contributed by atoms with E-state index in [2.05, 4.69) is 36.5 Å². The zero-order chi connectivity index (χ0) is 18.9. The van der Waals surface area contributed by atoms with Gasteiger partial charge in [-0.1, -0.05) is 22.0 Å². The maximum Gasteiger partial charge on any atom is 2.00 e. The van der Waals surface area contributed by atoms with Crippen molar-refractivity contribution in [3.8, 4) is 5.75 Å². The van der Waals surface area contributed by atoms with Gasteiger partial charge < -0.3 is 4.65 Å². The molecule has 138 valence electrons. The number of allylic oxidation sites excluding steroid dienone is 2. The first-order valence-corrected chi connectivity index (χ1v) is 9.10. The van der Waals surface area contributed by atoms with Crippen molar-refractivity contribution in [2.75, 3.05) is 0 Å². The largest absolute Gasteiger partial charge is 2.00 e. The van der Waals surface area contributed by atoms with Gasteiger partial charge in [0.1, 0.15) is 5.75 Å². The third-order valence-electron chi connectivity index (χ3n) is 3.15. The second kappa shape index (κ2) is 13.1. The molecule has 0 unspecified atom stereocenters. The van der Waals surface area contributed by atoms with Gasteiger partial charge in [0, 0.05) is 10.4 Å². The van der Waals surface area contributed by atoms with Crippen molar-refractivity contribution < 1.29 is 35.1 Å². The first-order valence-electron chi connectivity index (χ1n) is 7.52. The van der Waals surface area contributed by atoms with Gasteiger partial charge in [-0.2, -0.15) is 0 Å². The molecule has 0 heterocycles. The Kier molecular flexibility index (Phi) is 12.1. The van der Waals surface area contributed by atoms with Crippen LogP contribution in [0.2, 0.25) is 0 Å². The Hall–Kier alpha value is -0.166. The summed E-state index contributed by atoms with van der Waals surface area (Å²) in [6, 6.07) is 2.98. The van der Waals surface area contributed by atoms with E-state index < -0.39 is 13.3 Å². The maximum absolute atomic E-state index is 12.5. The molecule has 1 aromatic carbocycles. The van der Waals surface area contributed by atoms with Crippen molar-refractivity contribution in [1.82, 2.24) is 0 Å². The predicted molar refractivity (Wildman–Crippen MR) is 106 cm³/mol.